The van der Waals surface area contributed by atoms with Gasteiger partial charge in [0.2, 0.25) is 0 Å². The van der Waals surface area contributed by atoms with Gasteiger partial charge in [0.25, 0.3) is 0 Å². The van der Waals surface area contributed by atoms with Crippen LogP contribution in [0.25, 0.3) is 0 Å². The molecule has 0 aromatic heterocycles. The molecule has 0 atom stereocenters. The maximum absolute atomic E-state index is 6.10. The smallest absolute Gasteiger partial charge is 0.0833 e. The van der Waals surface area contributed by atoms with Crippen LogP contribution in [-0.2, 0) is 4.74 Å². The van der Waals surface area contributed by atoms with E-state index in [0.29, 0.717) is 0 Å². The first-order valence-corrected chi connectivity index (χ1v) is 6.87. The van der Waals surface area contributed by atoms with Crippen molar-refractivity contribution in [1.29, 1.82) is 0 Å². The van der Waals surface area contributed by atoms with E-state index in [1.54, 1.807) is 0 Å². The molecule has 2 aliphatic rings. The summed E-state index contributed by atoms with van der Waals surface area (Å²) in [5, 5.41) is 0. The molecule has 2 saturated heterocycles. The highest BCUT2D eigenvalue weighted by Crippen LogP contribution is 2.29. The maximum atomic E-state index is 6.10. The van der Waals surface area contributed by atoms with Crippen molar-refractivity contribution in [2.24, 2.45) is 0 Å². The number of likely N-dealkylation sites (tertiary alicyclic amines) is 1. The Kier molecular flexibility index (Phi) is 4.22. The number of likely N-dealkylation sites (N-methyl/N-ethyl adjacent to an activating group) is 1. The molecule has 2 heterocycles. The molecule has 94 valence electrons. The predicted molar refractivity (Wildman–Crippen MR) is 66.8 cm³/mol. The van der Waals surface area contributed by atoms with Gasteiger partial charge >= 0.3 is 0 Å². The van der Waals surface area contributed by atoms with Crippen molar-refractivity contribution in [3.63, 3.8) is 0 Å². The van der Waals surface area contributed by atoms with Crippen molar-refractivity contribution in [2.75, 3.05) is 45.9 Å². The average Bonchev–Trinajstić information content (AvgIpc) is 2.33. The lowest BCUT2D eigenvalue weighted by atomic mass is 9.89. The van der Waals surface area contributed by atoms with Gasteiger partial charge in [0, 0.05) is 26.2 Å². The predicted octanol–water partition coefficient (Wildman–Crippen LogP) is 1.58. The number of piperidine rings is 1. The third-order valence-electron chi connectivity index (χ3n) is 4.08. The molecule has 0 N–H and O–H groups in total. The van der Waals surface area contributed by atoms with E-state index in [9.17, 15) is 0 Å². The first kappa shape index (κ1) is 12.3. The fourth-order valence-electron chi connectivity index (χ4n) is 3.00. The summed E-state index contributed by atoms with van der Waals surface area (Å²) in [7, 11) is 0. The highest BCUT2D eigenvalue weighted by Gasteiger charge is 2.38. The molecule has 0 aliphatic carbocycles. The molecule has 1 spiro atoms. The van der Waals surface area contributed by atoms with Crippen LogP contribution in [0, 0.1) is 0 Å². The molecule has 16 heavy (non-hydrogen) atoms. The van der Waals surface area contributed by atoms with E-state index in [1.807, 2.05) is 0 Å². The summed E-state index contributed by atoms with van der Waals surface area (Å²) in [4.78, 5) is 5.12. The van der Waals surface area contributed by atoms with Gasteiger partial charge in [0.15, 0.2) is 0 Å². The SMILES string of the molecule is CCCN1CCC2(CC1)CN(CC)CCO2. The van der Waals surface area contributed by atoms with E-state index in [1.165, 1.54) is 45.4 Å². The standard InChI is InChI=1S/C13H26N2O/c1-3-7-15-8-5-13(6-9-15)12-14(4-2)10-11-16-13/h3-12H2,1-2H3. The van der Waals surface area contributed by atoms with E-state index in [4.69, 9.17) is 4.74 Å². The minimum absolute atomic E-state index is 0.193. The van der Waals surface area contributed by atoms with Crippen molar-refractivity contribution in [2.45, 2.75) is 38.7 Å². The van der Waals surface area contributed by atoms with Crippen LogP contribution in [0.4, 0.5) is 0 Å². The second kappa shape index (κ2) is 5.48. The van der Waals surface area contributed by atoms with Crippen molar-refractivity contribution < 1.29 is 4.74 Å². The Hall–Kier alpha value is -0.120. The molecular formula is C13H26N2O. The Morgan fingerprint density at radius 3 is 2.44 bits per heavy atom. The molecular weight excluding hydrogens is 200 g/mol. The van der Waals surface area contributed by atoms with Crippen LogP contribution in [0.15, 0.2) is 0 Å². The molecule has 0 aromatic carbocycles. The summed E-state index contributed by atoms with van der Waals surface area (Å²) in [6.07, 6.45) is 3.72. The highest BCUT2D eigenvalue weighted by atomic mass is 16.5. The van der Waals surface area contributed by atoms with Gasteiger partial charge in [-0.05, 0) is 32.4 Å². The molecule has 2 aliphatic heterocycles. The van der Waals surface area contributed by atoms with Gasteiger partial charge in [-0.15, -0.1) is 0 Å². The van der Waals surface area contributed by atoms with Crippen molar-refractivity contribution in [1.82, 2.24) is 9.80 Å². The topological polar surface area (TPSA) is 15.7 Å². The van der Waals surface area contributed by atoms with Gasteiger partial charge < -0.3 is 9.64 Å². The molecule has 0 radical (unpaired) electrons. The second-order valence-electron chi connectivity index (χ2n) is 5.24. The normalized spacial score (nSPS) is 27.4. The van der Waals surface area contributed by atoms with E-state index >= 15 is 0 Å². The Morgan fingerprint density at radius 1 is 1.06 bits per heavy atom. The van der Waals surface area contributed by atoms with E-state index in [-0.39, 0.29) is 5.60 Å². The molecule has 0 unspecified atom stereocenters. The molecule has 3 nitrogen and oxygen atoms in total. The summed E-state index contributed by atoms with van der Waals surface area (Å²) in [6.45, 7) is 12.6. The summed E-state index contributed by atoms with van der Waals surface area (Å²) >= 11 is 0. The number of nitrogens with zero attached hydrogens (tertiary/aromatic N) is 2. The number of ether oxygens (including phenoxy) is 1. The fourth-order valence-corrected chi connectivity index (χ4v) is 3.00. The lowest BCUT2D eigenvalue weighted by molar-refractivity contribution is -0.134. The fraction of sp³-hybridized carbons (Fsp3) is 1.00. The zero-order chi connectivity index (χ0) is 11.4. The number of hydrogen-bond acceptors (Lipinski definition) is 3. The molecule has 0 amide bonds. The molecule has 3 heteroatoms. The van der Waals surface area contributed by atoms with Gasteiger partial charge in [-0.3, -0.25) is 4.90 Å². The van der Waals surface area contributed by atoms with Crippen LogP contribution in [0.1, 0.15) is 33.1 Å². The lowest BCUT2D eigenvalue weighted by Gasteiger charge is -2.47. The zero-order valence-corrected chi connectivity index (χ0v) is 10.9. The summed E-state index contributed by atoms with van der Waals surface area (Å²) < 4.78 is 6.10. The van der Waals surface area contributed by atoms with Gasteiger partial charge in [-0.2, -0.15) is 0 Å². The van der Waals surface area contributed by atoms with Gasteiger partial charge in [0.05, 0.1) is 12.2 Å². The van der Waals surface area contributed by atoms with E-state index in [0.717, 1.165) is 19.7 Å². The maximum Gasteiger partial charge on any atom is 0.0833 e. The van der Waals surface area contributed by atoms with Crippen molar-refractivity contribution in [3.8, 4) is 0 Å². The monoisotopic (exact) mass is 226 g/mol. The van der Waals surface area contributed by atoms with Crippen LogP contribution in [-0.4, -0.2) is 61.3 Å². The van der Waals surface area contributed by atoms with Crippen LogP contribution in [0.5, 0.6) is 0 Å². The van der Waals surface area contributed by atoms with Crippen molar-refractivity contribution >= 4 is 0 Å². The Balaban J connectivity index is 1.85. The van der Waals surface area contributed by atoms with Crippen LogP contribution >= 0.6 is 0 Å². The third-order valence-corrected chi connectivity index (χ3v) is 4.08. The van der Waals surface area contributed by atoms with Crippen LogP contribution < -0.4 is 0 Å². The van der Waals surface area contributed by atoms with Crippen LogP contribution in [0.3, 0.4) is 0 Å². The molecule has 0 saturated carbocycles. The zero-order valence-electron chi connectivity index (χ0n) is 10.9. The second-order valence-corrected chi connectivity index (χ2v) is 5.24. The average molecular weight is 226 g/mol. The quantitative estimate of drug-likeness (QED) is 0.727. The molecule has 2 fully saturated rings. The molecule has 0 aromatic rings. The van der Waals surface area contributed by atoms with Gasteiger partial charge in [-0.25, -0.2) is 0 Å². The number of morpholine rings is 1. The van der Waals surface area contributed by atoms with Crippen molar-refractivity contribution in [3.05, 3.63) is 0 Å². The van der Waals surface area contributed by atoms with E-state index < -0.39 is 0 Å². The van der Waals surface area contributed by atoms with Gasteiger partial charge in [0.1, 0.15) is 0 Å². The van der Waals surface area contributed by atoms with Crippen LogP contribution in [0.2, 0.25) is 0 Å². The first-order chi connectivity index (χ1) is 7.78. The minimum Gasteiger partial charge on any atom is -0.372 e. The Bertz CT molecular complexity index is 212. The van der Waals surface area contributed by atoms with Gasteiger partial charge in [-0.1, -0.05) is 13.8 Å². The Labute approximate surface area is 99.7 Å². The molecule has 0 bridgehead atoms. The summed E-state index contributed by atoms with van der Waals surface area (Å²) in [5.41, 5.74) is 0.193. The summed E-state index contributed by atoms with van der Waals surface area (Å²) in [6, 6.07) is 0. The number of hydrogen-bond donors (Lipinski definition) is 0. The van der Waals surface area contributed by atoms with E-state index in [2.05, 4.69) is 23.6 Å². The Morgan fingerprint density at radius 2 is 1.81 bits per heavy atom. The minimum atomic E-state index is 0.193. The third kappa shape index (κ3) is 2.76. The number of rotatable bonds is 3. The summed E-state index contributed by atoms with van der Waals surface area (Å²) in [5.74, 6) is 0. The molecule has 2 rings (SSSR count). The largest absolute Gasteiger partial charge is 0.372 e. The lowest BCUT2D eigenvalue weighted by Crippen LogP contribution is -2.56. The first-order valence-electron chi connectivity index (χ1n) is 6.87. The highest BCUT2D eigenvalue weighted by molar-refractivity contribution is 4.92.